The van der Waals surface area contributed by atoms with Gasteiger partial charge in [0.15, 0.2) is 0 Å². The number of nitrogens with zero attached hydrogens (tertiary/aromatic N) is 2. The van der Waals surface area contributed by atoms with Crippen molar-refractivity contribution in [3.05, 3.63) is 54.4 Å². The van der Waals surface area contributed by atoms with Crippen LogP contribution in [-0.2, 0) is 6.42 Å². The maximum Gasteiger partial charge on any atom is 0.247 e. The molecule has 0 bridgehead atoms. The molecule has 0 fully saturated rings. The van der Waals surface area contributed by atoms with Gasteiger partial charge in [0.1, 0.15) is 17.2 Å². The van der Waals surface area contributed by atoms with E-state index in [-0.39, 0.29) is 0 Å². The normalized spacial score (nSPS) is 10.4. The molecule has 0 saturated heterocycles. The van der Waals surface area contributed by atoms with Crippen molar-refractivity contribution in [2.75, 3.05) is 20.8 Å². The second kappa shape index (κ2) is 7.50. The van der Waals surface area contributed by atoms with Crippen LogP contribution < -0.4 is 14.2 Å². The van der Waals surface area contributed by atoms with E-state index in [1.807, 2.05) is 30.3 Å². The molecule has 124 valence electrons. The third-order valence-electron chi connectivity index (χ3n) is 3.40. The fourth-order valence-corrected chi connectivity index (χ4v) is 2.17. The van der Waals surface area contributed by atoms with Crippen molar-refractivity contribution in [3.63, 3.8) is 0 Å². The Morgan fingerprint density at radius 3 is 2.21 bits per heavy atom. The Balaban J connectivity index is 1.60. The average molecular weight is 326 g/mol. The minimum Gasteiger partial charge on any atom is -0.496 e. The van der Waals surface area contributed by atoms with Gasteiger partial charge in [0.2, 0.25) is 11.8 Å². The van der Waals surface area contributed by atoms with Crippen molar-refractivity contribution in [2.24, 2.45) is 0 Å². The predicted molar refractivity (Wildman–Crippen MR) is 88.5 cm³/mol. The van der Waals surface area contributed by atoms with E-state index < -0.39 is 0 Å². The summed E-state index contributed by atoms with van der Waals surface area (Å²) in [7, 11) is 3.20. The molecule has 0 aliphatic heterocycles. The van der Waals surface area contributed by atoms with E-state index in [1.165, 1.54) is 0 Å². The van der Waals surface area contributed by atoms with Crippen LogP contribution in [-0.4, -0.2) is 31.0 Å². The Morgan fingerprint density at radius 1 is 0.875 bits per heavy atom. The lowest BCUT2D eigenvalue weighted by atomic mass is 10.2. The molecule has 6 nitrogen and oxygen atoms in total. The molecule has 0 atom stereocenters. The zero-order chi connectivity index (χ0) is 16.8. The highest BCUT2D eigenvalue weighted by Gasteiger charge is 2.09. The van der Waals surface area contributed by atoms with Gasteiger partial charge in [0.25, 0.3) is 0 Å². The maximum atomic E-state index is 5.72. The van der Waals surface area contributed by atoms with Crippen LogP contribution >= 0.6 is 0 Å². The molecule has 0 aliphatic rings. The summed E-state index contributed by atoms with van der Waals surface area (Å²) in [6.45, 7) is 0.409. The van der Waals surface area contributed by atoms with Gasteiger partial charge in [0, 0.05) is 23.8 Å². The van der Waals surface area contributed by atoms with E-state index in [1.54, 1.807) is 32.4 Å². The molecule has 0 saturated carbocycles. The van der Waals surface area contributed by atoms with Crippen LogP contribution in [0.1, 0.15) is 5.89 Å². The third kappa shape index (κ3) is 3.84. The first kappa shape index (κ1) is 15.9. The van der Waals surface area contributed by atoms with Crippen molar-refractivity contribution < 1.29 is 18.6 Å². The van der Waals surface area contributed by atoms with Crippen LogP contribution in [0, 0.1) is 0 Å². The Kier molecular flexibility index (Phi) is 4.96. The molecule has 0 amide bonds. The zero-order valence-electron chi connectivity index (χ0n) is 13.6. The van der Waals surface area contributed by atoms with Gasteiger partial charge in [-0.3, -0.25) is 0 Å². The minimum absolute atomic E-state index is 0.409. The quantitative estimate of drug-likeness (QED) is 0.663. The maximum absolute atomic E-state index is 5.72. The summed E-state index contributed by atoms with van der Waals surface area (Å²) in [5.41, 5.74) is 0.898. The van der Waals surface area contributed by atoms with Gasteiger partial charge in [0.05, 0.1) is 27.2 Å². The van der Waals surface area contributed by atoms with E-state index in [2.05, 4.69) is 10.2 Å². The standard InChI is InChI=1S/C18H18N2O4/c1-21-14-10-15(22-2)12-16(11-14)23-9-8-17-19-20-18(24-17)13-6-4-3-5-7-13/h3-7,10-12H,8-9H2,1-2H3. The fraction of sp³-hybridized carbons (Fsp3) is 0.222. The van der Waals surface area contributed by atoms with E-state index >= 15 is 0 Å². The van der Waals surface area contributed by atoms with Crippen LogP contribution in [0.4, 0.5) is 0 Å². The van der Waals surface area contributed by atoms with E-state index in [0.29, 0.717) is 42.1 Å². The summed E-state index contributed by atoms with van der Waals surface area (Å²) >= 11 is 0. The Labute approximate surface area is 140 Å². The molecule has 6 heteroatoms. The predicted octanol–water partition coefficient (Wildman–Crippen LogP) is 3.38. The molecule has 0 aliphatic carbocycles. The average Bonchev–Trinajstić information content (AvgIpc) is 3.11. The first-order valence-electron chi connectivity index (χ1n) is 7.52. The Bertz CT molecular complexity index is 764. The lowest BCUT2D eigenvalue weighted by Crippen LogP contribution is -2.02. The number of hydrogen-bond acceptors (Lipinski definition) is 6. The molecule has 2 aromatic carbocycles. The van der Waals surface area contributed by atoms with Gasteiger partial charge in [-0.1, -0.05) is 18.2 Å². The Hall–Kier alpha value is -3.02. The second-order valence-electron chi connectivity index (χ2n) is 5.01. The topological polar surface area (TPSA) is 66.6 Å². The van der Waals surface area contributed by atoms with E-state index in [4.69, 9.17) is 18.6 Å². The molecular formula is C18H18N2O4. The summed E-state index contributed by atoms with van der Waals surface area (Å²) in [6, 6.07) is 15.0. The third-order valence-corrected chi connectivity index (χ3v) is 3.40. The SMILES string of the molecule is COc1cc(OC)cc(OCCc2nnc(-c3ccccc3)o2)c1. The summed E-state index contributed by atoms with van der Waals surface area (Å²) in [5, 5.41) is 8.10. The van der Waals surface area contributed by atoms with E-state index in [9.17, 15) is 0 Å². The molecule has 1 aromatic heterocycles. The van der Waals surface area contributed by atoms with Gasteiger partial charge in [-0.05, 0) is 12.1 Å². The highest BCUT2D eigenvalue weighted by molar-refractivity contribution is 5.51. The number of hydrogen-bond donors (Lipinski definition) is 0. The van der Waals surface area contributed by atoms with Crippen molar-refractivity contribution in [1.29, 1.82) is 0 Å². The highest BCUT2D eigenvalue weighted by atomic mass is 16.5. The van der Waals surface area contributed by atoms with Crippen molar-refractivity contribution in [3.8, 4) is 28.7 Å². The molecule has 1 heterocycles. The van der Waals surface area contributed by atoms with Gasteiger partial charge in [-0.25, -0.2) is 0 Å². The minimum atomic E-state index is 0.409. The van der Waals surface area contributed by atoms with Gasteiger partial charge >= 0.3 is 0 Å². The second-order valence-corrected chi connectivity index (χ2v) is 5.01. The molecule has 0 radical (unpaired) electrons. The van der Waals surface area contributed by atoms with Crippen LogP contribution in [0.15, 0.2) is 52.9 Å². The lowest BCUT2D eigenvalue weighted by Gasteiger charge is -2.09. The molecule has 0 unspecified atom stereocenters. The smallest absolute Gasteiger partial charge is 0.247 e. The first-order chi connectivity index (χ1) is 11.8. The van der Waals surface area contributed by atoms with Crippen LogP contribution in [0.25, 0.3) is 11.5 Å². The van der Waals surface area contributed by atoms with Crippen molar-refractivity contribution in [2.45, 2.75) is 6.42 Å². The van der Waals surface area contributed by atoms with Gasteiger partial charge < -0.3 is 18.6 Å². The number of rotatable bonds is 7. The number of benzene rings is 2. The summed E-state index contributed by atoms with van der Waals surface area (Å²) in [4.78, 5) is 0. The highest BCUT2D eigenvalue weighted by Crippen LogP contribution is 2.27. The number of methoxy groups -OCH3 is 2. The molecule has 0 N–H and O–H groups in total. The van der Waals surface area contributed by atoms with Crippen LogP contribution in [0.3, 0.4) is 0 Å². The van der Waals surface area contributed by atoms with Gasteiger partial charge in [-0.2, -0.15) is 0 Å². The van der Waals surface area contributed by atoms with Gasteiger partial charge in [-0.15, -0.1) is 10.2 Å². The Morgan fingerprint density at radius 2 is 1.54 bits per heavy atom. The van der Waals surface area contributed by atoms with Crippen molar-refractivity contribution in [1.82, 2.24) is 10.2 Å². The summed E-state index contributed by atoms with van der Waals surface area (Å²) in [5.74, 6) is 3.05. The molecule has 24 heavy (non-hydrogen) atoms. The largest absolute Gasteiger partial charge is 0.496 e. The molecule has 3 aromatic rings. The molecule has 3 rings (SSSR count). The fourth-order valence-electron chi connectivity index (χ4n) is 2.17. The summed E-state index contributed by atoms with van der Waals surface area (Å²) < 4.78 is 21.8. The molecular weight excluding hydrogens is 308 g/mol. The van der Waals surface area contributed by atoms with Crippen LogP contribution in [0.5, 0.6) is 17.2 Å². The number of aromatic nitrogens is 2. The summed E-state index contributed by atoms with van der Waals surface area (Å²) in [6.07, 6.45) is 0.513. The zero-order valence-corrected chi connectivity index (χ0v) is 13.6. The molecule has 0 spiro atoms. The number of ether oxygens (including phenoxy) is 3. The van der Waals surface area contributed by atoms with Crippen molar-refractivity contribution >= 4 is 0 Å². The van der Waals surface area contributed by atoms with E-state index in [0.717, 1.165) is 5.56 Å². The lowest BCUT2D eigenvalue weighted by molar-refractivity contribution is 0.302. The van der Waals surface area contributed by atoms with Crippen LogP contribution in [0.2, 0.25) is 0 Å². The first-order valence-corrected chi connectivity index (χ1v) is 7.52. The monoisotopic (exact) mass is 326 g/mol.